The number of benzene rings is 2. The molecule has 0 saturated carbocycles. The molecule has 0 saturated heterocycles. The van der Waals surface area contributed by atoms with Crippen LogP contribution in [0, 0.1) is 5.82 Å². The van der Waals surface area contributed by atoms with Gasteiger partial charge in [0.2, 0.25) is 0 Å². The summed E-state index contributed by atoms with van der Waals surface area (Å²) < 4.78 is 20.4. The Kier molecular flexibility index (Phi) is 6.22. The lowest BCUT2D eigenvalue weighted by atomic mass is 10.0. The average Bonchev–Trinajstić information content (AvgIpc) is 3.09. The molecule has 8 nitrogen and oxygen atoms in total. The monoisotopic (exact) mass is 433 g/mol. The van der Waals surface area contributed by atoms with Gasteiger partial charge in [-0.05, 0) is 18.2 Å². The molecule has 3 aromatic rings. The fraction of sp³-hybridized carbons (Fsp3) is 0.150. The maximum Gasteiger partial charge on any atom is 0.305 e. The molecule has 156 valence electrons. The van der Waals surface area contributed by atoms with Gasteiger partial charge in [0, 0.05) is 17.7 Å². The van der Waals surface area contributed by atoms with Gasteiger partial charge >= 0.3 is 5.97 Å². The number of para-hydroxylation sites is 1. The smallest absolute Gasteiger partial charge is 0.305 e. The summed E-state index contributed by atoms with van der Waals surface area (Å²) in [4.78, 5) is 36.2. The number of aromatic amines is 1. The molecule has 1 aromatic heterocycles. The standard InChI is InChI=1S/C20H17ClFN3O5/c1-30-11-6-7-12(14(22)8-11)15(10-19(27)28)23-20(29)16-9-18(26)25(24-16)17-5-3-2-4-13(17)21/h2-9,15,24H,10H2,1H3,(H,23,29)(H,27,28). The highest BCUT2D eigenvalue weighted by molar-refractivity contribution is 6.32. The largest absolute Gasteiger partial charge is 0.497 e. The number of amides is 1. The van der Waals surface area contributed by atoms with Crippen LogP contribution in [0.1, 0.15) is 28.5 Å². The Morgan fingerprint density at radius 2 is 2.00 bits per heavy atom. The van der Waals surface area contributed by atoms with Gasteiger partial charge in [-0.1, -0.05) is 29.8 Å². The van der Waals surface area contributed by atoms with Crippen molar-refractivity contribution in [3.63, 3.8) is 0 Å². The lowest BCUT2D eigenvalue weighted by Gasteiger charge is -2.18. The summed E-state index contributed by atoms with van der Waals surface area (Å²) in [6, 6.07) is 10.3. The number of halogens is 2. The Hall–Kier alpha value is -3.59. The van der Waals surface area contributed by atoms with Gasteiger partial charge in [-0.2, -0.15) is 0 Å². The molecular weight excluding hydrogens is 417 g/mol. The molecule has 3 rings (SSSR count). The molecule has 0 aliphatic carbocycles. The van der Waals surface area contributed by atoms with E-state index in [9.17, 15) is 23.9 Å². The summed E-state index contributed by atoms with van der Waals surface area (Å²) in [5.41, 5.74) is -0.367. The first-order chi connectivity index (χ1) is 14.3. The molecule has 2 aromatic carbocycles. The normalized spacial score (nSPS) is 11.7. The molecule has 1 heterocycles. The van der Waals surface area contributed by atoms with Crippen LogP contribution in [-0.4, -0.2) is 33.9 Å². The zero-order valence-electron chi connectivity index (χ0n) is 15.7. The molecule has 0 fully saturated rings. The van der Waals surface area contributed by atoms with Gasteiger partial charge in [0.25, 0.3) is 11.5 Å². The van der Waals surface area contributed by atoms with E-state index in [0.717, 1.165) is 16.8 Å². The van der Waals surface area contributed by atoms with Crippen LogP contribution in [0.2, 0.25) is 5.02 Å². The van der Waals surface area contributed by atoms with Crippen molar-refractivity contribution in [1.29, 1.82) is 0 Å². The molecule has 1 atom stereocenters. The highest BCUT2D eigenvalue weighted by Crippen LogP contribution is 2.25. The highest BCUT2D eigenvalue weighted by Gasteiger charge is 2.23. The number of rotatable bonds is 7. The number of H-pyrrole nitrogens is 1. The van der Waals surface area contributed by atoms with Crippen molar-refractivity contribution >= 4 is 23.5 Å². The third-order valence-electron chi connectivity index (χ3n) is 4.33. The van der Waals surface area contributed by atoms with E-state index in [0.29, 0.717) is 5.69 Å². The summed E-state index contributed by atoms with van der Waals surface area (Å²) in [7, 11) is 1.37. The molecule has 0 aliphatic rings. The number of carboxylic acid groups (broad SMARTS) is 1. The van der Waals surface area contributed by atoms with Crippen LogP contribution < -0.4 is 15.6 Å². The molecule has 10 heteroatoms. The van der Waals surface area contributed by atoms with Crippen LogP contribution in [0.15, 0.2) is 53.3 Å². The summed E-state index contributed by atoms with van der Waals surface area (Å²) in [6.45, 7) is 0. The topological polar surface area (TPSA) is 113 Å². The summed E-state index contributed by atoms with van der Waals surface area (Å²) >= 11 is 6.09. The van der Waals surface area contributed by atoms with Gasteiger partial charge in [-0.3, -0.25) is 19.5 Å². The number of carboxylic acids is 1. The molecule has 1 amide bonds. The molecule has 30 heavy (non-hydrogen) atoms. The van der Waals surface area contributed by atoms with E-state index in [-0.39, 0.29) is 22.0 Å². The van der Waals surface area contributed by atoms with Crippen molar-refractivity contribution in [2.75, 3.05) is 7.11 Å². The van der Waals surface area contributed by atoms with Crippen molar-refractivity contribution in [2.45, 2.75) is 12.5 Å². The second-order valence-corrected chi connectivity index (χ2v) is 6.71. The lowest BCUT2D eigenvalue weighted by molar-refractivity contribution is -0.137. The van der Waals surface area contributed by atoms with Crippen LogP contribution in [0.3, 0.4) is 0 Å². The number of aromatic nitrogens is 2. The number of ether oxygens (including phenoxy) is 1. The second-order valence-electron chi connectivity index (χ2n) is 6.31. The minimum absolute atomic E-state index is 0.0283. The molecule has 0 aliphatic heterocycles. The minimum Gasteiger partial charge on any atom is -0.497 e. The molecule has 0 spiro atoms. The molecular formula is C20H17ClFN3O5. The highest BCUT2D eigenvalue weighted by atomic mass is 35.5. The first-order valence-corrected chi connectivity index (χ1v) is 9.11. The third kappa shape index (κ3) is 4.52. The second kappa shape index (κ2) is 8.83. The first-order valence-electron chi connectivity index (χ1n) is 8.73. The minimum atomic E-state index is -1.24. The van der Waals surface area contributed by atoms with E-state index in [1.807, 2.05) is 0 Å². The Labute approximate surface area is 174 Å². The maximum absolute atomic E-state index is 14.4. The number of nitrogens with zero attached hydrogens (tertiary/aromatic N) is 1. The molecule has 0 radical (unpaired) electrons. The fourth-order valence-electron chi connectivity index (χ4n) is 2.89. The molecule has 3 N–H and O–H groups in total. The van der Waals surface area contributed by atoms with Crippen LogP contribution in [-0.2, 0) is 4.79 Å². The van der Waals surface area contributed by atoms with Gasteiger partial charge < -0.3 is 15.2 Å². The summed E-state index contributed by atoms with van der Waals surface area (Å²) in [6.07, 6.45) is -0.565. The Morgan fingerprint density at radius 1 is 1.27 bits per heavy atom. The van der Waals surface area contributed by atoms with Crippen molar-refractivity contribution in [2.24, 2.45) is 0 Å². The zero-order valence-corrected chi connectivity index (χ0v) is 16.4. The number of hydrogen-bond donors (Lipinski definition) is 3. The van der Waals surface area contributed by atoms with E-state index in [1.165, 1.54) is 19.2 Å². The van der Waals surface area contributed by atoms with E-state index in [1.54, 1.807) is 24.3 Å². The van der Waals surface area contributed by atoms with Crippen LogP contribution in [0.25, 0.3) is 5.69 Å². The van der Waals surface area contributed by atoms with Crippen molar-refractivity contribution in [3.05, 3.63) is 81.0 Å². The number of carbonyl (C=O) groups excluding carboxylic acids is 1. The van der Waals surface area contributed by atoms with Crippen molar-refractivity contribution < 1.29 is 23.8 Å². The molecule has 0 bridgehead atoms. The van der Waals surface area contributed by atoms with E-state index >= 15 is 0 Å². The number of methoxy groups -OCH3 is 1. The Morgan fingerprint density at radius 3 is 2.63 bits per heavy atom. The molecule has 1 unspecified atom stereocenters. The number of carbonyl (C=O) groups is 2. The van der Waals surface area contributed by atoms with E-state index in [2.05, 4.69) is 10.4 Å². The summed E-state index contributed by atoms with van der Waals surface area (Å²) in [5.74, 6) is -2.50. The average molecular weight is 434 g/mol. The van der Waals surface area contributed by atoms with Gasteiger partial charge in [0.05, 0.1) is 30.3 Å². The number of hydrogen-bond acceptors (Lipinski definition) is 4. The Balaban J connectivity index is 1.90. The van der Waals surface area contributed by atoms with Crippen LogP contribution in [0.4, 0.5) is 4.39 Å². The van der Waals surface area contributed by atoms with Crippen LogP contribution >= 0.6 is 11.6 Å². The summed E-state index contributed by atoms with van der Waals surface area (Å²) in [5, 5.41) is 14.5. The Bertz CT molecular complexity index is 1160. The predicted octanol–water partition coefficient (Wildman–Crippen LogP) is 2.91. The SMILES string of the molecule is COc1ccc(C(CC(=O)O)NC(=O)c2cc(=O)n(-c3ccccc3Cl)[nH]2)c(F)c1. The van der Waals surface area contributed by atoms with Gasteiger partial charge in [0.1, 0.15) is 17.3 Å². The van der Waals surface area contributed by atoms with Gasteiger partial charge in [-0.25, -0.2) is 9.07 Å². The van der Waals surface area contributed by atoms with Crippen molar-refractivity contribution in [1.82, 2.24) is 15.1 Å². The quantitative estimate of drug-likeness (QED) is 0.530. The van der Waals surface area contributed by atoms with Gasteiger partial charge in [-0.15, -0.1) is 0 Å². The first kappa shape index (κ1) is 21.1. The third-order valence-corrected chi connectivity index (χ3v) is 4.65. The zero-order chi connectivity index (χ0) is 21.8. The van der Waals surface area contributed by atoms with E-state index in [4.69, 9.17) is 16.3 Å². The van der Waals surface area contributed by atoms with E-state index < -0.39 is 35.7 Å². The van der Waals surface area contributed by atoms with Gasteiger partial charge in [0.15, 0.2) is 0 Å². The van der Waals surface area contributed by atoms with Crippen LogP contribution in [0.5, 0.6) is 5.75 Å². The predicted molar refractivity (Wildman–Crippen MR) is 107 cm³/mol. The maximum atomic E-state index is 14.4. The fourth-order valence-corrected chi connectivity index (χ4v) is 3.11. The number of nitrogens with one attached hydrogen (secondary N) is 2. The van der Waals surface area contributed by atoms with Crippen molar-refractivity contribution in [3.8, 4) is 11.4 Å². The number of aliphatic carboxylic acids is 1. The lowest BCUT2D eigenvalue weighted by Crippen LogP contribution is -2.31.